The molecule has 0 saturated heterocycles. The van der Waals surface area contributed by atoms with Crippen LogP contribution in [0.2, 0.25) is 5.02 Å². The van der Waals surface area contributed by atoms with Crippen LogP contribution in [0, 0.1) is 0 Å². The number of rotatable bonds is 6. The number of ether oxygens (including phenoxy) is 2. The Morgan fingerprint density at radius 1 is 1.03 bits per heavy atom. The van der Waals surface area contributed by atoms with Crippen LogP contribution in [0.1, 0.15) is 15.9 Å². The maximum Gasteiger partial charge on any atom is 0.259 e. The number of nitrogens with one attached hydrogen (secondary N) is 1. The van der Waals surface area contributed by atoms with E-state index in [1.165, 1.54) is 4.90 Å². The normalized spacial score (nSPS) is 12.5. The van der Waals surface area contributed by atoms with Crippen LogP contribution in [0.25, 0.3) is 5.70 Å². The second-order valence-electron chi connectivity index (χ2n) is 6.85. The molecule has 1 N–H and O–H groups in total. The monoisotopic (exact) mass is 434 g/mol. The van der Waals surface area contributed by atoms with E-state index in [4.69, 9.17) is 21.1 Å². The minimum Gasteiger partial charge on any atom is -0.497 e. The molecule has 2 amide bonds. The number of hydrogen-bond donors (Lipinski definition) is 1. The SMILES string of the molecule is C=C1c2ccccc2C(=O)N1CC(=O)Nc1cc(Cl)ccc1Oc1ccc(OC)cc1. The van der Waals surface area contributed by atoms with Gasteiger partial charge in [-0.3, -0.25) is 14.5 Å². The summed E-state index contributed by atoms with van der Waals surface area (Å²) < 4.78 is 11.0. The highest BCUT2D eigenvalue weighted by atomic mass is 35.5. The largest absolute Gasteiger partial charge is 0.497 e. The topological polar surface area (TPSA) is 67.9 Å². The third kappa shape index (κ3) is 4.25. The van der Waals surface area contributed by atoms with E-state index < -0.39 is 5.91 Å². The Balaban J connectivity index is 1.50. The van der Waals surface area contributed by atoms with Crippen LogP contribution in [0.3, 0.4) is 0 Å². The van der Waals surface area contributed by atoms with Crippen LogP contribution < -0.4 is 14.8 Å². The Hall–Kier alpha value is -3.77. The summed E-state index contributed by atoms with van der Waals surface area (Å²) in [4.78, 5) is 26.7. The third-order valence-electron chi connectivity index (χ3n) is 4.84. The van der Waals surface area contributed by atoms with Gasteiger partial charge in [-0.1, -0.05) is 36.4 Å². The number of amides is 2. The number of nitrogens with zero attached hydrogens (tertiary/aromatic N) is 1. The summed E-state index contributed by atoms with van der Waals surface area (Å²) in [5.74, 6) is 1.03. The van der Waals surface area contributed by atoms with Crippen LogP contribution in [0.15, 0.2) is 73.3 Å². The van der Waals surface area contributed by atoms with Crippen LogP contribution in [0.5, 0.6) is 17.2 Å². The molecule has 0 radical (unpaired) electrons. The highest BCUT2D eigenvalue weighted by molar-refractivity contribution is 6.31. The first-order chi connectivity index (χ1) is 15.0. The summed E-state index contributed by atoms with van der Waals surface area (Å²) in [6.07, 6.45) is 0. The van der Waals surface area contributed by atoms with E-state index in [0.717, 1.165) is 5.56 Å². The fraction of sp³-hybridized carbons (Fsp3) is 0.0833. The van der Waals surface area contributed by atoms with E-state index in [-0.39, 0.29) is 12.5 Å². The second kappa shape index (κ2) is 8.53. The van der Waals surface area contributed by atoms with E-state index in [2.05, 4.69) is 11.9 Å². The fourth-order valence-corrected chi connectivity index (χ4v) is 3.47. The molecule has 0 fully saturated rings. The molecule has 6 nitrogen and oxygen atoms in total. The highest BCUT2D eigenvalue weighted by Gasteiger charge is 2.32. The molecule has 0 saturated carbocycles. The van der Waals surface area contributed by atoms with Gasteiger partial charge in [0.1, 0.15) is 18.0 Å². The number of hydrogen-bond acceptors (Lipinski definition) is 4. The maximum absolute atomic E-state index is 12.7. The lowest BCUT2D eigenvalue weighted by atomic mass is 10.1. The Kier molecular flexibility index (Phi) is 5.64. The first-order valence-electron chi connectivity index (χ1n) is 9.48. The van der Waals surface area contributed by atoms with Gasteiger partial charge >= 0.3 is 0 Å². The molecule has 1 heterocycles. The molecule has 1 aliphatic rings. The van der Waals surface area contributed by atoms with Crippen LogP contribution >= 0.6 is 11.6 Å². The van der Waals surface area contributed by atoms with Crippen molar-refractivity contribution in [3.05, 3.63) is 89.5 Å². The van der Waals surface area contributed by atoms with Gasteiger partial charge in [0.15, 0.2) is 5.75 Å². The molecule has 4 rings (SSSR count). The van der Waals surface area contributed by atoms with Crippen molar-refractivity contribution in [1.82, 2.24) is 4.90 Å². The zero-order valence-corrected chi connectivity index (χ0v) is 17.5. The van der Waals surface area contributed by atoms with Crippen molar-refractivity contribution in [1.29, 1.82) is 0 Å². The van der Waals surface area contributed by atoms with Crippen LogP contribution in [-0.2, 0) is 4.79 Å². The van der Waals surface area contributed by atoms with E-state index in [0.29, 0.717) is 39.2 Å². The molecular weight excluding hydrogens is 416 g/mol. The Bertz CT molecular complexity index is 1140. The summed E-state index contributed by atoms with van der Waals surface area (Å²) >= 11 is 6.12. The van der Waals surface area contributed by atoms with Gasteiger partial charge in [-0.2, -0.15) is 0 Å². The molecule has 156 valence electrons. The second-order valence-corrected chi connectivity index (χ2v) is 7.29. The first-order valence-corrected chi connectivity index (χ1v) is 9.85. The fourth-order valence-electron chi connectivity index (χ4n) is 3.29. The Morgan fingerprint density at radius 3 is 2.39 bits per heavy atom. The van der Waals surface area contributed by atoms with E-state index >= 15 is 0 Å². The minimum atomic E-state index is -0.399. The number of halogens is 1. The molecule has 1 aliphatic heterocycles. The highest BCUT2D eigenvalue weighted by Crippen LogP contribution is 2.34. The number of benzene rings is 3. The lowest BCUT2D eigenvalue weighted by molar-refractivity contribution is -0.116. The van der Waals surface area contributed by atoms with Gasteiger partial charge in [0.2, 0.25) is 5.91 Å². The molecule has 0 spiro atoms. The van der Waals surface area contributed by atoms with Crippen LogP contribution in [-0.4, -0.2) is 30.4 Å². The van der Waals surface area contributed by atoms with Crippen molar-refractivity contribution in [3.8, 4) is 17.2 Å². The van der Waals surface area contributed by atoms with Gasteiger partial charge in [0.05, 0.1) is 12.8 Å². The lowest BCUT2D eigenvalue weighted by Crippen LogP contribution is -2.32. The quantitative estimate of drug-likeness (QED) is 0.578. The van der Waals surface area contributed by atoms with Gasteiger partial charge in [-0.25, -0.2) is 0 Å². The standard InChI is InChI=1S/C24H19ClN2O4/c1-15-19-5-3-4-6-20(19)24(29)27(15)14-23(28)26-21-13-16(25)7-12-22(21)31-18-10-8-17(30-2)9-11-18/h3-13H,1,14H2,2H3,(H,26,28). The molecule has 31 heavy (non-hydrogen) atoms. The molecule has 0 bridgehead atoms. The number of carbonyl (C=O) groups excluding carboxylic acids is 2. The van der Waals surface area contributed by atoms with Crippen molar-refractivity contribution < 1.29 is 19.1 Å². The van der Waals surface area contributed by atoms with Crippen molar-refractivity contribution in [2.75, 3.05) is 19.0 Å². The zero-order chi connectivity index (χ0) is 22.0. The molecule has 7 heteroatoms. The molecule has 0 unspecified atom stereocenters. The summed E-state index contributed by atoms with van der Waals surface area (Å²) in [5, 5.41) is 3.22. The van der Waals surface area contributed by atoms with Crippen molar-refractivity contribution >= 4 is 34.8 Å². The average molecular weight is 435 g/mol. The van der Waals surface area contributed by atoms with Crippen LogP contribution in [0.4, 0.5) is 5.69 Å². The van der Waals surface area contributed by atoms with E-state index in [1.807, 2.05) is 12.1 Å². The van der Waals surface area contributed by atoms with E-state index in [9.17, 15) is 9.59 Å². The third-order valence-corrected chi connectivity index (χ3v) is 5.08. The summed E-state index contributed by atoms with van der Waals surface area (Å²) in [6.45, 7) is 3.78. The number of methoxy groups -OCH3 is 1. The Morgan fingerprint density at radius 2 is 1.71 bits per heavy atom. The number of fused-ring (bicyclic) bond motifs is 1. The molecule has 3 aromatic rings. The smallest absolute Gasteiger partial charge is 0.259 e. The Labute approximate surface area is 184 Å². The van der Waals surface area contributed by atoms with Gasteiger partial charge < -0.3 is 14.8 Å². The summed E-state index contributed by atoms with van der Waals surface area (Å²) in [6, 6.07) is 19.1. The van der Waals surface area contributed by atoms with Gasteiger partial charge in [0, 0.05) is 21.8 Å². The van der Waals surface area contributed by atoms with Crippen molar-refractivity contribution in [2.24, 2.45) is 0 Å². The van der Waals surface area contributed by atoms with Gasteiger partial charge in [0.25, 0.3) is 5.91 Å². The lowest BCUT2D eigenvalue weighted by Gasteiger charge is -2.18. The summed E-state index contributed by atoms with van der Waals surface area (Å²) in [7, 11) is 1.58. The average Bonchev–Trinajstić information content (AvgIpc) is 3.01. The van der Waals surface area contributed by atoms with Gasteiger partial charge in [-0.15, -0.1) is 0 Å². The molecule has 0 atom stereocenters. The zero-order valence-electron chi connectivity index (χ0n) is 16.7. The number of carbonyl (C=O) groups is 2. The summed E-state index contributed by atoms with van der Waals surface area (Å²) in [5.41, 5.74) is 2.15. The molecule has 3 aromatic carbocycles. The predicted octanol–water partition coefficient (Wildman–Crippen LogP) is 5.21. The van der Waals surface area contributed by atoms with E-state index in [1.54, 1.807) is 61.7 Å². The number of anilines is 1. The maximum atomic E-state index is 12.7. The van der Waals surface area contributed by atoms with Crippen molar-refractivity contribution in [2.45, 2.75) is 0 Å². The molecular formula is C24H19ClN2O4. The minimum absolute atomic E-state index is 0.180. The molecule has 0 aliphatic carbocycles. The van der Waals surface area contributed by atoms with Crippen molar-refractivity contribution in [3.63, 3.8) is 0 Å². The first kappa shape index (κ1) is 20.5. The predicted molar refractivity (Wildman–Crippen MR) is 120 cm³/mol. The van der Waals surface area contributed by atoms with Gasteiger partial charge in [-0.05, 0) is 48.5 Å². The molecule has 0 aromatic heterocycles.